The van der Waals surface area contributed by atoms with Crippen molar-refractivity contribution in [3.05, 3.63) is 78.6 Å². The maximum atomic E-state index is 12.4. The number of rotatable bonds is 9. The highest BCUT2D eigenvalue weighted by Gasteiger charge is 2.43. The molecule has 1 aromatic heterocycles. The van der Waals surface area contributed by atoms with Crippen LogP contribution in [0.1, 0.15) is 29.6 Å². The Morgan fingerprint density at radius 1 is 1.23 bits per heavy atom. The molecule has 0 bridgehead atoms. The summed E-state index contributed by atoms with van der Waals surface area (Å²) >= 11 is 1.39. The van der Waals surface area contributed by atoms with Crippen LogP contribution in [0.4, 0.5) is 5.69 Å². The molecule has 30 heavy (non-hydrogen) atoms. The summed E-state index contributed by atoms with van der Waals surface area (Å²) in [6.07, 6.45) is 2.91. The zero-order valence-electron chi connectivity index (χ0n) is 16.8. The Hall–Kier alpha value is -3.06. The summed E-state index contributed by atoms with van der Waals surface area (Å²) in [6, 6.07) is 17.8. The summed E-state index contributed by atoms with van der Waals surface area (Å²) in [4.78, 5) is 12.4. The lowest BCUT2D eigenvalue weighted by atomic mass is 10.1. The molecule has 1 aliphatic carbocycles. The van der Waals surface area contributed by atoms with Gasteiger partial charge in [-0.05, 0) is 30.0 Å². The fourth-order valence-electron chi connectivity index (χ4n) is 3.56. The molecule has 1 heterocycles. The predicted octanol–water partition coefficient (Wildman–Crippen LogP) is 4.47. The molecule has 154 valence electrons. The Morgan fingerprint density at radius 3 is 2.83 bits per heavy atom. The number of nitrogens with one attached hydrogen (secondary N) is 1. The average Bonchev–Trinajstić information content (AvgIpc) is 3.47. The number of thioether (sulfide) groups is 1. The summed E-state index contributed by atoms with van der Waals surface area (Å²) in [5.74, 6) is 2.66. The zero-order chi connectivity index (χ0) is 20.9. The number of carbonyl (C=O) groups is 1. The fraction of sp³-hybridized carbons (Fsp3) is 0.261. The quantitative estimate of drug-likeness (QED) is 0.408. The van der Waals surface area contributed by atoms with Gasteiger partial charge >= 0.3 is 0 Å². The molecule has 1 aliphatic rings. The molecule has 2 aromatic carbocycles. The lowest BCUT2D eigenvalue weighted by molar-refractivity contribution is -0.113. The smallest absolute Gasteiger partial charge is 0.234 e. The molecule has 1 N–H and O–H groups in total. The van der Waals surface area contributed by atoms with Crippen molar-refractivity contribution in [3.8, 4) is 5.75 Å². The zero-order valence-corrected chi connectivity index (χ0v) is 17.6. The first kappa shape index (κ1) is 20.2. The topological polar surface area (TPSA) is 69.0 Å². The van der Waals surface area contributed by atoms with Gasteiger partial charge in [0.25, 0.3) is 0 Å². The van der Waals surface area contributed by atoms with Crippen LogP contribution in [0.25, 0.3) is 0 Å². The highest BCUT2D eigenvalue weighted by Crippen LogP contribution is 2.54. The van der Waals surface area contributed by atoms with E-state index in [2.05, 4.69) is 50.9 Å². The number of allylic oxidation sites excluding steroid dienone is 1. The molecule has 2 unspecified atom stereocenters. The van der Waals surface area contributed by atoms with Crippen molar-refractivity contribution in [1.29, 1.82) is 0 Å². The van der Waals surface area contributed by atoms with E-state index in [1.165, 1.54) is 17.3 Å². The van der Waals surface area contributed by atoms with E-state index in [-0.39, 0.29) is 11.7 Å². The molecular formula is C23H24N4O2S. The van der Waals surface area contributed by atoms with Crippen LogP contribution >= 0.6 is 11.8 Å². The van der Waals surface area contributed by atoms with Crippen LogP contribution in [-0.4, -0.2) is 33.5 Å². The van der Waals surface area contributed by atoms with Gasteiger partial charge in [0.1, 0.15) is 11.6 Å². The second kappa shape index (κ2) is 9.17. The number of hydrogen-bond acceptors (Lipinski definition) is 5. The van der Waals surface area contributed by atoms with Gasteiger partial charge < -0.3 is 14.6 Å². The van der Waals surface area contributed by atoms with Crippen LogP contribution in [0.5, 0.6) is 5.75 Å². The standard InChI is InChI=1S/C23H24N4O2S/c1-3-12-27-22(20-14-19(20)16-8-5-4-6-9-16)25-26-23(27)30-15-21(28)24-17-10-7-11-18(13-17)29-2/h3-11,13,19-20H,1,12,14-15H2,2H3,(H,24,28). The molecular weight excluding hydrogens is 396 g/mol. The van der Waals surface area contributed by atoms with E-state index in [0.717, 1.165) is 17.4 Å². The Kier molecular flexibility index (Phi) is 6.18. The molecule has 0 saturated heterocycles. The fourth-order valence-corrected chi connectivity index (χ4v) is 4.31. The van der Waals surface area contributed by atoms with E-state index in [4.69, 9.17) is 4.74 Å². The normalized spacial score (nSPS) is 17.4. The maximum absolute atomic E-state index is 12.4. The predicted molar refractivity (Wildman–Crippen MR) is 119 cm³/mol. The largest absolute Gasteiger partial charge is 0.497 e. The Balaban J connectivity index is 1.41. The molecule has 4 rings (SSSR count). The van der Waals surface area contributed by atoms with Crippen molar-refractivity contribution < 1.29 is 9.53 Å². The van der Waals surface area contributed by atoms with Gasteiger partial charge in [-0.1, -0.05) is 54.2 Å². The number of ether oxygens (including phenoxy) is 1. The molecule has 1 saturated carbocycles. The van der Waals surface area contributed by atoms with Gasteiger partial charge in [-0.2, -0.15) is 0 Å². The van der Waals surface area contributed by atoms with Crippen molar-refractivity contribution in [1.82, 2.24) is 14.8 Å². The summed E-state index contributed by atoms with van der Waals surface area (Å²) in [7, 11) is 1.60. The third-order valence-electron chi connectivity index (χ3n) is 5.09. The molecule has 7 heteroatoms. The second-order valence-electron chi connectivity index (χ2n) is 7.17. The van der Waals surface area contributed by atoms with Crippen molar-refractivity contribution in [2.24, 2.45) is 0 Å². The molecule has 2 atom stereocenters. The Morgan fingerprint density at radius 2 is 2.07 bits per heavy atom. The number of aromatic nitrogens is 3. The van der Waals surface area contributed by atoms with Gasteiger partial charge in [0.05, 0.1) is 12.9 Å². The van der Waals surface area contributed by atoms with Crippen LogP contribution < -0.4 is 10.1 Å². The van der Waals surface area contributed by atoms with Crippen molar-refractivity contribution in [2.75, 3.05) is 18.2 Å². The van der Waals surface area contributed by atoms with Crippen LogP contribution in [0.15, 0.2) is 72.4 Å². The van der Waals surface area contributed by atoms with Gasteiger partial charge in [0.15, 0.2) is 5.16 Å². The van der Waals surface area contributed by atoms with E-state index >= 15 is 0 Å². The second-order valence-corrected chi connectivity index (χ2v) is 8.11. The molecule has 6 nitrogen and oxygen atoms in total. The van der Waals surface area contributed by atoms with Gasteiger partial charge in [-0.15, -0.1) is 16.8 Å². The minimum atomic E-state index is -0.100. The monoisotopic (exact) mass is 420 g/mol. The van der Waals surface area contributed by atoms with Gasteiger partial charge in [-0.3, -0.25) is 4.79 Å². The number of amides is 1. The minimum absolute atomic E-state index is 0.100. The number of hydrogen-bond donors (Lipinski definition) is 1. The number of carbonyl (C=O) groups excluding carboxylic acids is 1. The summed E-state index contributed by atoms with van der Waals surface area (Å²) in [5, 5.41) is 12.4. The third kappa shape index (κ3) is 4.57. The summed E-state index contributed by atoms with van der Waals surface area (Å²) in [6.45, 7) is 4.49. The highest BCUT2D eigenvalue weighted by molar-refractivity contribution is 7.99. The van der Waals surface area contributed by atoms with Crippen molar-refractivity contribution in [3.63, 3.8) is 0 Å². The van der Waals surface area contributed by atoms with Gasteiger partial charge in [-0.25, -0.2) is 0 Å². The number of methoxy groups -OCH3 is 1. The summed E-state index contributed by atoms with van der Waals surface area (Å²) < 4.78 is 7.27. The van der Waals surface area contributed by atoms with Crippen LogP contribution in [-0.2, 0) is 11.3 Å². The van der Waals surface area contributed by atoms with E-state index in [0.29, 0.717) is 29.8 Å². The van der Waals surface area contributed by atoms with Crippen molar-refractivity contribution in [2.45, 2.75) is 30.0 Å². The van der Waals surface area contributed by atoms with Crippen LogP contribution in [0.2, 0.25) is 0 Å². The van der Waals surface area contributed by atoms with Crippen molar-refractivity contribution >= 4 is 23.4 Å². The Labute approximate surface area is 180 Å². The number of anilines is 1. The Bertz CT molecular complexity index is 1030. The average molecular weight is 421 g/mol. The maximum Gasteiger partial charge on any atom is 0.234 e. The van der Waals surface area contributed by atoms with Crippen LogP contribution in [0, 0.1) is 0 Å². The lowest BCUT2D eigenvalue weighted by Gasteiger charge is -2.09. The first-order chi connectivity index (χ1) is 14.7. The van der Waals surface area contributed by atoms with E-state index in [1.807, 2.05) is 30.3 Å². The van der Waals surface area contributed by atoms with E-state index in [1.54, 1.807) is 13.2 Å². The molecule has 1 amide bonds. The lowest BCUT2D eigenvalue weighted by Crippen LogP contribution is -2.14. The highest BCUT2D eigenvalue weighted by atomic mass is 32.2. The first-order valence-corrected chi connectivity index (χ1v) is 10.8. The summed E-state index contributed by atoms with van der Waals surface area (Å²) in [5.41, 5.74) is 2.04. The van der Waals surface area contributed by atoms with Gasteiger partial charge in [0, 0.05) is 24.2 Å². The minimum Gasteiger partial charge on any atom is -0.497 e. The van der Waals surface area contributed by atoms with E-state index < -0.39 is 0 Å². The number of benzene rings is 2. The molecule has 0 spiro atoms. The van der Waals surface area contributed by atoms with Gasteiger partial charge in [0.2, 0.25) is 5.91 Å². The SMILES string of the molecule is C=CCn1c(SCC(=O)Nc2cccc(OC)c2)nnc1C1CC1c1ccccc1. The molecule has 1 fully saturated rings. The van der Waals surface area contributed by atoms with E-state index in [9.17, 15) is 4.79 Å². The molecule has 0 radical (unpaired) electrons. The number of nitrogens with zero attached hydrogens (tertiary/aromatic N) is 3. The van der Waals surface area contributed by atoms with Crippen LogP contribution in [0.3, 0.4) is 0 Å². The third-order valence-corrected chi connectivity index (χ3v) is 6.06. The molecule has 0 aliphatic heterocycles. The first-order valence-electron chi connectivity index (χ1n) is 9.85. The molecule has 3 aromatic rings.